The van der Waals surface area contributed by atoms with E-state index in [4.69, 9.17) is 0 Å². The lowest BCUT2D eigenvalue weighted by molar-refractivity contribution is -0.958. The Hall–Kier alpha value is -0.0400. The largest absolute Gasteiger partial charge is 0.331 e. The van der Waals surface area contributed by atoms with Gasteiger partial charge in [-0.1, -0.05) is 0 Å². The Labute approximate surface area is 64.4 Å². The predicted molar refractivity (Wildman–Crippen MR) is 44.3 cm³/mol. The Bertz CT molecular complexity index is 118. The molecule has 1 aliphatic heterocycles. The van der Waals surface area contributed by atoms with Gasteiger partial charge >= 0.3 is 0 Å². The summed E-state index contributed by atoms with van der Waals surface area (Å²) in [4.78, 5) is 1.71. The minimum Gasteiger partial charge on any atom is -0.331 e. The fraction of sp³-hybridized carbons (Fsp3) is 1.00. The molecule has 0 radical (unpaired) electrons. The first kappa shape index (κ1) is 8.06. The zero-order valence-corrected chi connectivity index (χ0v) is 7.70. The molecular weight excluding hydrogens is 122 g/mol. The van der Waals surface area contributed by atoms with Gasteiger partial charge in [0.2, 0.25) is 0 Å². The SMILES string of the molecule is CC1CCCC(C)(C)[NH+]1C. The maximum Gasteiger partial charge on any atom is 0.0920 e. The zero-order valence-electron chi connectivity index (χ0n) is 7.70. The normalized spacial score (nSPS) is 39.6. The quantitative estimate of drug-likeness (QED) is 0.511. The fourth-order valence-electron chi connectivity index (χ4n) is 1.93. The molecule has 1 nitrogen and oxygen atoms in total. The van der Waals surface area contributed by atoms with Crippen LogP contribution in [0, 0.1) is 0 Å². The van der Waals surface area contributed by atoms with E-state index in [1.54, 1.807) is 4.90 Å². The molecular formula is C9H20N+. The van der Waals surface area contributed by atoms with Gasteiger partial charge in [-0.2, -0.15) is 0 Å². The van der Waals surface area contributed by atoms with Crippen molar-refractivity contribution in [3.63, 3.8) is 0 Å². The van der Waals surface area contributed by atoms with E-state index in [1.165, 1.54) is 19.3 Å². The highest BCUT2D eigenvalue weighted by Gasteiger charge is 2.34. The Morgan fingerprint density at radius 3 is 2.40 bits per heavy atom. The van der Waals surface area contributed by atoms with Crippen molar-refractivity contribution in [1.29, 1.82) is 0 Å². The molecule has 60 valence electrons. The number of hydrogen-bond acceptors (Lipinski definition) is 0. The van der Waals surface area contributed by atoms with Gasteiger partial charge in [-0.3, -0.25) is 0 Å². The number of hydrogen-bond donors (Lipinski definition) is 1. The van der Waals surface area contributed by atoms with Crippen molar-refractivity contribution in [3.8, 4) is 0 Å². The summed E-state index contributed by atoms with van der Waals surface area (Å²) < 4.78 is 0. The predicted octanol–water partition coefficient (Wildman–Crippen LogP) is 0.852. The lowest BCUT2D eigenvalue weighted by Crippen LogP contribution is -3.20. The summed E-state index contributed by atoms with van der Waals surface area (Å²) in [5.74, 6) is 0. The summed E-state index contributed by atoms with van der Waals surface area (Å²) in [6.07, 6.45) is 4.23. The summed E-state index contributed by atoms with van der Waals surface area (Å²) in [7, 11) is 2.32. The second-order valence-electron chi connectivity index (χ2n) is 4.36. The van der Waals surface area contributed by atoms with Crippen molar-refractivity contribution in [1.82, 2.24) is 0 Å². The van der Waals surface area contributed by atoms with Crippen LogP contribution in [0.2, 0.25) is 0 Å². The maximum atomic E-state index is 2.37. The molecule has 1 heterocycles. The molecule has 2 atom stereocenters. The van der Waals surface area contributed by atoms with Gasteiger partial charge in [0.15, 0.2) is 0 Å². The molecule has 1 saturated heterocycles. The van der Waals surface area contributed by atoms with Crippen molar-refractivity contribution in [2.45, 2.75) is 51.6 Å². The Kier molecular flexibility index (Phi) is 2.04. The molecule has 1 rings (SSSR count). The Balaban J connectivity index is 2.60. The van der Waals surface area contributed by atoms with Crippen LogP contribution < -0.4 is 4.90 Å². The lowest BCUT2D eigenvalue weighted by Gasteiger charge is -2.40. The number of nitrogens with one attached hydrogen (secondary N) is 1. The molecule has 0 saturated carbocycles. The highest BCUT2D eigenvalue weighted by Crippen LogP contribution is 2.15. The summed E-state index contributed by atoms with van der Waals surface area (Å²) in [5, 5.41) is 0. The standard InChI is InChI=1S/C9H19N/c1-8-6-5-7-9(2,3)10(8)4/h8H,5-7H2,1-4H3/p+1. The minimum absolute atomic E-state index is 0.525. The van der Waals surface area contributed by atoms with E-state index in [0.29, 0.717) is 5.54 Å². The monoisotopic (exact) mass is 142 g/mol. The Morgan fingerprint density at radius 2 is 2.00 bits per heavy atom. The molecule has 0 aromatic rings. The van der Waals surface area contributed by atoms with Crippen molar-refractivity contribution in [3.05, 3.63) is 0 Å². The van der Waals surface area contributed by atoms with Crippen molar-refractivity contribution >= 4 is 0 Å². The third-order valence-electron chi connectivity index (χ3n) is 3.25. The van der Waals surface area contributed by atoms with E-state index in [0.717, 1.165) is 6.04 Å². The maximum absolute atomic E-state index is 2.37. The van der Waals surface area contributed by atoms with E-state index in [1.807, 2.05) is 0 Å². The van der Waals surface area contributed by atoms with E-state index in [9.17, 15) is 0 Å². The second-order valence-corrected chi connectivity index (χ2v) is 4.36. The molecule has 1 fully saturated rings. The summed E-state index contributed by atoms with van der Waals surface area (Å²) in [6, 6.07) is 0.865. The van der Waals surface area contributed by atoms with Crippen LogP contribution in [0.3, 0.4) is 0 Å². The molecule has 1 heteroatoms. The first-order valence-electron chi connectivity index (χ1n) is 4.38. The minimum atomic E-state index is 0.525. The highest BCUT2D eigenvalue weighted by atomic mass is 15.2. The molecule has 0 aliphatic carbocycles. The van der Waals surface area contributed by atoms with Crippen molar-refractivity contribution in [2.24, 2.45) is 0 Å². The van der Waals surface area contributed by atoms with Gasteiger partial charge in [0.25, 0.3) is 0 Å². The van der Waals surface area contributed by atoms with Gasteiger partial charge in [0.1, 0.15) is 0 Å². The summed E-state index contributed by atoms with van der Waals surface area (Å²) >= 11 is 0. The molecule has 0 spiro atoms. The van der Waals surface area contributed by atoms with E-state index in [-0.39, 0.29) is 0 Å². The summed E-state index contributed by atoms with van der Waals surface area (Å²) in [5.41, 5.74) is 0.525. The van der Waals surface area contributed by atoms with Crippen molar-refractivity contribution in [2.75, 3.05) is 7.05 Å². The van der Waals surface area contributed by atoms with Crippen LogP contribution in [-0.4, -0.2) is 18.6 Å². The topological polar surface area (TPSA) is 4.44 Å². The highest BCUT2D eigenvalue weighted by molar-refractivity contribution is 4.72. The molecule has 0 aromatic heterocycles. The number of quaternary nitrogens is 1. The van der Waals surface area contributed by atoms with Crippen LogP contribution in [-0.2, 0) is 0 Å². The zero-order chi connectivity index (χ0) is 7.78. The first-order chi connectivity index (χ1) is 4.54. The molecule has 1 N–H and O–H groups in total. The van der Waals surface area contributed by atoms with E-state index < -0.39 is 0 Å². The number of piperidine rings is 1. The van der Waals surface area contributed by atoms with Gasteiger partial charge in [-0.25, -0.2) is 0 Å². The molecule has 1 aliphatic rings. The van der Waals surface area contributed by atoms with Gasteiger partial charge in [0, 0.05) is 6.42 Å². The van der Waals surface area contributed by atoms with Crippen LogP contribution in [0.15, 0.2) is 0 Å². The lowest BCUT2D eigenvalue weighted by atomic mass is 9.88. The summed E-state index contributed by atoms with van der Waals surface area (Å²) in [6.45, 7) is 7.10. The van der Waals surface area contributed by atoms with Crippen LogP contribution in [0.25, 0.3) is 0 Å². The Morgan fingerprint density at radius 1 is 1.40 bits per heavy atom. The van der Waals surface area contributed by atoms with E-state index >= 15 is 0 Å². The van der Waals surface area contributed by atoms with Gasteiger partial charge in [0.05, 0.1) is 18.6 Å². The van der Waals surface area contributed by atoms with Crippen LogP contribution in [0.1, 0.15) is 40.0 Å². The third kappa shape index (κ3) is 1.34. The molecule has 10 heavy (non-hydrogen) atoms. The molecule has 0 aromatic carbocycles. The van der Waals surface area contributed by atoms with Gasteiger partial charge in [-0.15, -0.1) is 0 Å². The van der Waals surface area contributed by atoms with Crippen LogP contribution in [0.4, 0.5) is 0 Å². The average molecular weight is 142 g/mol. The molecule has 2 unspecified atom stereocenters. The second kappa shape index (κ2) is 2.54. The van der Waals surface area contributed by atoms with Crippen LogP contribution in [0.5, 0.6) is 0 Å². The van der Waals surface area contributed by atoms with Crippen molar-refractivity contribution < 1.29 is 4.90 Å². The van der Waals surface area contributed by atoms with E-state index in [2.05, 4.69) is 27.8 Å². The number of rotatable bonds is 0. The fourth-order valence-corrected chi connectivity index (χ4v) is 1.93. The first-order valence-corrected chi connectivity index (χ1v) is 4.38. The number of likely N-dealkylation sites (tertiary alicyclic amines) is 1. The smallest absolute Gasteiger partial charge is 0.0920 e. The molecule has 0 bridgehead atoms. The van der Waals surface area contributed by atoms with Crippen LogP contribution >= 0.6 is 0 Å². The average Bonchev–Trinajstić information content (AvgIpc) is 1.83. The van der Waals surface area contributed by atoms with Gasteiger partial charge in [-0.05, 0) is 33.6 Å². The third-order valence-corrected chi connectivity index (χ3v) is 3.25. The molecule has 0 amide bonds. The van der Waals surface area contributed by atoms with Gasteiger partial charge < -0.3 is 4.90 Å².